The van der Waals surface area contributed by atoms with Crippen molar-refractivity contribution in [3.8, 4) is 0 Å². The maximum absolute atomic E-state index is 11.3. The van der Waals surface area contributed by atoms with Crippen molar-refractivity contribution in [1.29, 1.82) is 5.41 Å². The zero-order valence-corrected chi connectivity index (χ0v) is 8.99. The van der Waals surface area contributed by atoms with E-state index in [1.54, 1.807) is 11.3 Å². The summed E-state index contributed by atoms with van der Waals surface area (Å²) in [5, 5.41) is 7.59. The third kappa shape index (κ3) is 1.93. The summed E-state index contributed by atoms with van der Waals surface area (Å²) < 4.78 is 0. The third-order valence-electron chi connectivity index (χ3n) is 2.54. The summed E-state index contributed by atoms with van der Waals surface area (Å²) in [7, 11) is 0. The van der Waals surface area contributed by atoms with Crippen LogP contribution < -0.4 is 0 Å². The first-order valence-corrected chi connectivity index (χ1v) is 5.61. The lowest BCUT2D eigenvalue weighted by Crippen LogP contribution is -2.20. The summed E-state index contributed by atoms with van der Waals surface area (Å²) in [6, 6.07) is 4.18. The Labute approximate surface area is 87.5 Å². The predicted octanol–water partition coefficient (Wildman–Crippen LogP) is 2.91. The van der Waals surface area contributed by atoms with Gasteiger partial charge in [0.25, 0.3) is 0 Å². The fraction of sp³-hybridized carbons (Fsp3) is 0.455. The lowest BCUT2D eigenvalue weighted by molar-refractivity contribution is -0.118. The first-order valence-electron chi connectivity index (χ1n) is 4.79. The van der Waals surface area contributed by atoms with E-state index < -0.39 is 0 Å². The van der Waals surface area contributed by atoms with E-state index in [2.05, 4.69) is 19.1 Å². The van der Waals surface area contributed by atoms with Gasteiger partial charge in [-0.05, 0) is 25.5 Å². The molecule has 1 atom stereocenters. The number of nitrogens with one attached hydrogen (secondary N) is 1. The molecule has 0 aliphatic heterocycles. The van der Waals surface area contributed by atoms with Crippen molar-refractivity contribution >= 4 is 22.8 Å². The SMILES string of the molecule is Cc1ccc(C2CC(=N)CC(=O)C2)s1. The highest BCUT2D eigenvalue weighted by molar-refractivity contribution is 7.12. The van der Waals surface area contributed by atoms with Gasteiger partial charge < -0.3 is 5.41 Å². The summed E-state index contributed by atoms with van der Waals surface area (Å²) in [6.07, 6.45) is 1.77. The van der Waals surface area contributed by atoms with Gasteiger partial charge in [0, 0.05) is 34.2 Å². The van der Waals surface area contributed by atoms with Crippen molar-refractivity contribution in [2.45, 2.75) is 32.1 Å². The van der Waals surface area contributed by atoms with E-state index in [9.17, 15) is 4.79 Å². The molecule has 1 heterocycles. The fourth-order valence-electron chi connectivity index (χ4n) is 1.90. The summed E-state index contributed by atoms with van der Waals surface area (Å²) in [6.45, 7) is 2.07. The molecule has 1 fully saturated rings. The lowest BCUT2D eigenvalue weighted by Gasteiger charge is -2.20. The largest absolute Gasteiger partial charge is 0.309 e. The second-order valence-electron chi connectivity index (χ2n) is 3.87. The molecule has 0 saturated heterocycles. The number of aryl methyl sites for hydroxylation is 1. The number of Topliss-reactive ketones (excluding diaryl/α,β-unsaturated/α-hetero) is 1. The number of rotatable bonds is 1. The molecular formula is C11H13NOS. The number of thiophene rings is 1. The van der Waals surface area contributed by atoms with Gasteiger partial charge in [0.1, 0.15) is 5.78 Å². The van der Waals surface area contributed by atoms with Gasteiger partial charge in [-0.1, -0.05) is 0 Å². The molecule has 0 amide bonds. The minimum atomic E-state index is 0.220. The van der Waals surface area contributed by atoms with Crippen molar-refractivity contribution in [2.75, 3.05) is 0 Å². The van der Waals surface area contributed by atoms with Crippen LogP contribution in [-0.2, 0) is 4.79 Å². The molecule has 1 saturated carbocycles. The number of carbonyl (C=O) groups excluding carboxylic acids is 1. The average Bonchev–Trinajstić information content (AvgIpc) is 2.50. The number of carbonyl (C=O) groups is 1. The Morgan fingerprint density at radius 3 is 2.79 bits per heavy atom. The quantitative estimate of drug-likeness (QED) is 0.755. The number of ketones is 1. The van der Waals surface area contributed by atoms with Crippen LogP contribution >= 0.6 is 11.3 Å². The van der Waals surface area contributed by atoms with E-state index in [0.717, 1.165) is 6.42 Å². The Hall–Kier alpha value is -0.960. The van der Waals surface area contributed by atoms with Crippen LogP contribution in [-0.4, -0.2) is 11.5 Å². The summed E-state index contributed by atoms with van der Waals surface area (Å²) >= 11 is 1.75. The number of hydrogen-bond donors (Lipinski definition) is 1. The lowest BCUT2D eigenvalue weighted by atomic mass is 9.86. The monoisotopic (exact) mass is 207 g/mol. The molecular weight excluding hydrogens is 194 g/mol. The molecule has 1 aliphatic carbocycles. The van der Waals surface area contributed by atoms with E-state index in [1.807, 2.05) is 0 Å². The minimum Gasteiger partial charge on any atom is -0.309 e. The molecule has 1 aromatic rings. The zero-order chi connectivity index (χ0) is 10.1. The smallest absolute Gasteiger partial charge is 0.139 e. The normalized spacial score (nSPS) is 22.8. The molecule has 74 valence electrons. The van der Waals surface area contributed by atoms with E-state index in [0.29, 0.717) is 18.6 Å². The summed E-state index contributed by atoms with van der Waals surface area (Å²) in [5.41, 5.74) is 0.595. The molecule has 3 heteroatoms. The van der Waals surface area contributed by atoms with Crippen LogP contribution in [0, 0.1) is 12.3 Å². The molecule has 1 N–H and O–H groups in total. The van der Waals surface area contributed by atoms with Crippen molar-refractivity contribution in [3.05, 3.63) is 21.9 Å². The second kappa shape index (κ2) is 3.65. The van der Waals surface area contributed by atoms with Gasteiger partial charge in [-0.3, -0.25) is 4.79 Å². The van der Waals surface area contributed by atoms with Crippen molar-refractivity contribution in [3.63, 3.8) is 0 Å². The summed E-state index contributed by atoms with van der Waals surface area (Å²) in [4.78, 5) is 13.9. The third-order valence-corrected chi connectivity index (χ3v) is 3.70. The highest BCUT2D eigenvalue weighted by atomic mass is 32.1. The molecule has 1 aromatic heterocycles. The van der Waals surface area contributed by atoms with E-state index in [4.69, 9.17) is 5.41 Å². The molecule has 0 spiro atoms. The van der Waals surface area contributed by atoms with Gasteiger partial charge >= 0.3 is 0 Å². The Bertz CT molecular complexity index is 364. The van der Waals surface area contributed by atoms with Gasteiger partial charge in [-0.15, -0.1) is 11.3 Å². The number of hydrogen-bond acceptors (Lipinski definition) is 3. The van der Waals surface area contributed by atoms with Gasteiger partial charge in [0.05, 0.1) is 0 Å². The molecule has 0 aromatic carbocycles. The Morgan fingerprint density at radius 1 is 1.43 bits per heavy atom. The maximum atomic E-state index is 11.3. The van der Waals surface area contributed by atoms with E-state index in [-0.39, 0.29) is 11.7 Å². The molecule has 14 heavy (non-hydrogen) atoms. The highest BCUT2D eigenvalue weighted by Gasteiger charge is 2.25. The van der Waals surface area contributed by atoms with Crippen LogP contribution in [0.3, 0.4) is 0 Å². The average molecular weight is 207 g/mol. The van der Waals surface area contributed by atoms with Crippen LogP contribution in [0.25, 0.3) is 0 Å². The molecule has 2 nitrogen and oxygen atoms in total. The van der Waals surface area contributed by atoms with Crippen LogP contribution in [0.2, 0.25) is 0 Å². The maximum Gasteiger partial charge on any atom is 0.139 e. The second-order valence-corrected chi connectivity index (χ2v) is 5.19. The topological polar surface area (TPSA) is 40.9 Å². The molecule has 1 unspecified atom stereocenters. The molecule has 0 radical (unpaired) electrons. The standard InChI is InChI=1S/C11H13NOS/c1-7-2-3-11(14-7)8-4-9(12)6-10(13)5-8/h2-3,8,12H,4-6H2,1H3. The first kappa shape index (κ1) is 9.59. The van der Waals surface area contributed by atoms with Crippen LogP contribution in [0.1, 0.15) is 34.9 Å². The van der Waals surface area contributed by atoms with E-state index in [1.165, 1.54) is 9.75 Å². The molecule has 0 bridgehead atoms. The van der Waals surface area contributed by atoms with Gasteiger partial charge in [-0.25, -0.2) is 0 Å². The van der Waals surface area contributed by atoms with Gasteiger partial charge in [-0.2, -0.15) is 0 Å². The summed E-state index contributed by atoms with van der Waals surface area (Å²) in [5.74, 6) is 0.500. The minimum absolute atomic E-state index is 0.220. The van der Waals surface area contributed by atoms with Crippen LogP contribution in [0.5, 0.6) is 0 Å². The first-order chi connectivity index (χ1) is 6.65. The highest BCUT2D eigenvalue weighted by Crippen LogP contribution is 2.33. The molecule has 1 aliphatic rings. The Morgan fingerprint density at radius 2 is 2.21 bits per heavy atom. The van der Waals surface area contributed by atoms with Crippen molar-refractivity contribution < 1.29 is 4.79 Å². The van der Waals surface area contributed by atoms with Gasteiger partial charge in [0.2, 0.25) is 0 Å². The predicted molar refractivity (Wildman–Crippen MR) is 58.4 cm³/mol. The van der Waals surface area contributed by atoms with Crippen molar-refractivity contribution in [2.24, 2.45) is 0 Å². The van der Waals surface area contributed by atoms with Crippen LogP contribution in [0.15, 0.2) is 12.1 Å². The zero-order valence-electron chi connectivity index (χ0n) is 8.17. The van der Waals surface area contributed by atoms with E-state index >= 15 is 0 Å². The van der Waals surface area contributed by atoms with Gasteiger partial charge in [0.15, 0.2) is 0 Å². The Kier molecular flexibility index (Phi) is 2.50. The van der Waals surface area contributed by atoms with Crippen molar-refractivity contribution in [1.82, 2.24) is 0 Å². The van der Waals surface area contributed by atoms with Crippen LogP contribution in [0.4, 0.5) is 0 Å². The Balaban J connectivity index is 2.18. The molecule has 2 rings (SSSR count). The fourth-order valence-corrected chi connectivity index (χ4v) is 2.88.